The molecule has 19 heavy (non-hydrogen) atoms. The van der Waals surface area contributed by atoms with Crippen molar-refractivity contribution in [3.8, 4) is 0 Å². The van der Waals surface area contributed by atoms with Crippen molar-refractivity contribution in [1.82, 2.24) is 5.32 Å². The number of nitrogens with zero attached hydrogens (tertiary/aromatic N) is 3. The lowest BCUT2D eigenvalue weighted by Gasteiger charge is -2.26. The third-order valence-corrected chi connectivity index (χ3v) is 2.09. The Hall–Kier alpha value is -2.12. The van der Waals surface area contributed by atoms with Crippen LogP contribution in [0.5, 0.6) is 0 Å². The molecular weight excluding hydrogens is 256 g/mol. The standard InChI is InChI=1S/C10H14N4O5/c1-5(15)6-7(16)18-10(12-6,13-14-11)8(17)19-9(2,3)4/h6,12H,1-4H3. The van der Waals surface area contributed by atoms with Gasteiger partial charge in [0.1, 0.15) is 5.60 Å². The van der Waals surface area contributed by atoms with Gasteiger partial charge in [-0.15, -0.1) is 0 Å². The van der Waals surface area contributed by atoms with Crippen molar-refractivity contribution in [3.05, 3.63) is 10.4 Å². The van der Waals surface area contributed by atoms with Crippen LogP contribution < -0.4 is 5.32 Å². The van der Waals surface area contributed by atoms with Crippen LogP contribution in [0.1, 0.15) is 27.7 Å². The van der Waals surface area contributed by atoms with Crippen LogP contribution in [0.2, 0.25) is 0 Å². The summed E-state index contributed by atoms with van der Waals surface area (Å²) in [6.45, 7) is 5.91. The zero-order valence-corrected chi connectivity index (χ0v) is 11.0. The quantitative estimate of drug-likeness (QED) is 0.259. The van der Waals surface area contributed by atoms with Gasteiger partial charge in [0.2, 0.25) is 0 Å². The Morgan fingerprint density at radius 1 is 1.53 bits per heavy atom. The van der Waals surface area contributed by atoms with Gasteiger partial charge in [-0.2, -0.15) is 0 Å². The third-order valence-electron chi connectivity index (χ3n) is 2.09. The number of azide groups is 1. The summed E-state index contributed by atoms with van der Waals surface area (Å²) in [4.78, 5) is 37.1. The van der Waals surface area contributed by atoms with E-state index in [9.17, 15) is 14.4 Å². The highest BCUT2D eigenvalue weighted by atomic mass is 16.6. The van der Waals surface area contributed by atoms with E-state index in [2.05, 4.69) is 15.3 Å². The molecule has 0 bridgehead atoms. The average molecular weight is 270 g/mol. The first-order valence-electron chi connectivity index (χ1n) is 5.42. The smallest absolute Gasteiger partial charge is 0.373 e. The zero-order chi connectivity index (χ0) is 14.8. The Bertz CT molecular complexity index is 477. The maximum absolute atomic E-state index is 11.9. The normalized spacial score (nSPS) is 26.3. The molecule has 1 fully saturated rings. The Labute approximate surface area is 108 Å². The van der Waals surface area contributed by atoms with Gasteiger partial charge < -0.3 is 9.47 Å². The van der Waals surface area contributed by atoms with Crippen LogP contribution >= 0.6 is 0 Å². The molecule has 1 aliphatic heterocycles. The Balaban J connectivity index is 3.08. The molecule has 1 heterocycles. The molecular formula is C10H14N4O5. The van der Waals surface area contributed by atoms with Crippen molar-refractivity contribution < 1.29 is 23.9 Å². The summed E-state index contributed by atoms with van der Waals surface area (Å²) in [5, 5.41) is 5.38. The Kier molecular flexibility index (Phi) is 3.83. The minimum atomic E-state index is -2.34. The minimum absolute atomic E-state index is 0.566. The summed E-state index contributed by atoms with van der Waals surface area (Å²) < 4.78 is 9.70. The fraction of sp³-hybridized carbons (Fsp3) is 0.700. The predicted molar refractivity (Wildman–Crippen MR) is 61.4 cm³/mol. The lowest BCUT2D eigenvalue weighted by atomic mass is 10.2. The van der Waals surface area contributed by atoms with Crippen LogP contribution in [0.4, 0.5) is 0 Å². The highest BCUT2D eigenvalue weighted by Gasteiger charge is 2.55. The molecule has 1 rings (SSSR count). The molecule has 1 aliphatic rings. The SMILES string of the molecule is CC(=O)C1NC(N=[N+]=[N-])(C(=O)OC(C)(C)C)OC1=O. The van der Waals surface area contributed by atoms with Gasteiger partial charge in [0.25, 0.3) is 0 Å². The molecule has 0 spiro atoms. The lowest BCUT2D eigenvalue weighted by Crippen LogP contribution is -2.53. The van der Waals surface area contributed by atoms with Gasteiger partial charge in [-0.1, -0.05) is 0 Å². The van der Waals surface area contributed by atoms with Crippen molar-refractivity contribution in [2.24, 2.45) is 5.11 Å². The highest BCUT2D eigenvalue weighted by molar-refractivity contribution is 6.05. The van der Waals surface area contributed by atoms with Gasteiger partial charge in [0, 0.05) is 4.91 Å². The second-order valence-electron chi connectivity index (χ2n) is 4.94. The van der Waals surface area contributed by atoms with Gasteiger partial charge in [-0.3, -0.25) is 4.79 Å². The molecule has 0 aromatic heterocycles. The number of carbonyl (C=O) groups excluding carboxylic acids is 3. The van der Waals surface area contributed by atoms with Crippen LogP contribution in [0.25, 0.3) is 10.4 Å². The number of Topliss-reactive ketones (excluding diaryl/α,β-unsaturated/α-hetero) is 1. The molecule has 1 saturated heterocycles. The topological polar surface area (TPSA) is 130 Å². The van der Waals surface area contributed by atoms with E-state index in [1.54, 1.807) is 20.8 Å². The molecule has 0 aromatic rings. The minimum Gasteiger partial charge on any atom is -0.456 e. The fourth-order valence-corrected chi connectivity index (χ4v) is 1.36. The molecule has 1 N–H and O–H groups in total. The van der Waals surface area contributed by atoms with Crippen LogP contribution in [0, 0.1) is 0 Å². The summed E-state index contributed by atoms with van der Waals surface area (Å²) in [6, 6.07) is -1.36. The molecule has 2 atom stereocenters. The Morgan fingerprint density at radius 3 is 2.47 bits per heavy atom. The van der Waals surface area contributed by atoms with Crippen LogP contribution in [0.3, 0.4) is 0 Å². The number of hydrogen-bond donors (Lipinski definition) is 1. The maximum Gasteiger partial charge on any atom is 0.373 e. The van der Waals surface area contributed by atoms with Crippen molar-refractivity contribution >= 4 is 17.7 Å². The number of rotatable bonds is 3. The summed E-state index contributed by atoms with van der Waals surface area (Å²) in [5.74, 6) is -4.99. The van der Waals surface area contributed by atoms with Crippen molar-refractivity contribution in [2.75, 3.05) is 0 Å². The second-order valence-corrected chi connectivity index (χ2v) is 4.94. The monoisotopic (exact) mass is 270 g/mol. The van der Waals surface area contributed by atoms with E-state index in [0.717, 1.165) is 6.92 Å². The molecule has 104 valence electrons. The van der Waals surface area contributed by atoms with Gasteiger partial charge in [0.15, 0.2) is 11.8 Å². The second kappa shape index (κ2) is 4.87. The summed E-state index contributed by atoms with van der Waals surface area (Å²) in [6.07, 6.45) is 0. The van der Waals surface area contributed by atoms with Crippen molar-refractivity contribution in [2.45, 2.75) is 45.2 Å². The van der Waals surface area contributed by atoms with Crippen molar-refractivity contribution in [1.29, 1.82) is 0 Å². The van der Waals surface area contributed by atoms with Gasteiger partial charge in [0.05, 0.1) is 0 Å². The number of carbonyl (C=O) groups is 3. The van der Waals surface area contributed by atoms with E-state index in [-0.39, 0.29) is 0 Å². The van der Waals surface area contributed by atoms with E-state index in [1.807, 2.05) is 0 Å². The van der Waals surface area contributed by atoms with Crippen LogP contribution in [-0.4, -0.2) is 35.2 Å². The van der Waals surface area contributed by atoms with Gasteiger partial charge in [-0.05, 0) is 38.3 Å². The predicted octanol–water partition coefficient (Wildman–Crippen LogP) is 0.396. The first-order chi connectivity index (χ1) is 8.61. The van der Waals surface area contributed by atoms with E-state index in [0.29, 0.717) is 0 Å². The van der Waals surface area contributed by atoms with E-state index in [1.165, 1.54) is 0 Å². The molecule has 0 saturated carbocycles. The van der Waals surface area contributed by atoms with Crippen LogP contribution in [-0.2, 0) is 23.9 Å². The fourth-order valence-electron chi connectivity index (χ4n) is 1.36. The first-order valence-corrected chi connectivity index (χ1v) is 5.42. The summed E-state index contributed by atoms with van der Waals surface area (Å²) in [7, 11) is 0. The summed E-state index contributed by atoms with van der Waals surface area (Å²) in [5.41, 5.74) is 7.61. The highest BCUT2D eigenvalue weighted by Crippen LogP contribution is 2.24. The van der Waals surface area contributed by atoms with Crippen molar-refractivity contribution in [3.63, 3.8) is 0 Å². The number of hydrogen-bond acceptors (Lipinski definition) is 7. The van der Waals surface area contributed by atoms with Crippen LogP contribution in [0.15, 0.2) is 5.11 Å². The lowest BCUT2D eigenvalue weighted by molar-refractivity contribution is -0.184. The molecule has 0 amide bonds. The zero-order valence-electron chi connectivity index (χ0n) is 11.0. The number of esters is 2. The molecule has 0 radical (unpaired) electrons. The molecule has 0 aliphatic carbocycles. The largest absolute Gasteiger partial charge is 0.456 e. The third kappa shape index (κ3) is 3.21. The van der Waals surface area contributed by atoms with Gasteiger partial charge in [-0.25, -0.2) is 14.9 Å². The first kappa shape index (κ1) is 14.9. The molecule has 9 heteroatoms. The van der Waals surface area contributed by atoms with E-state index < -0.39 is 35.2 Å². The molecule has 9 nitrogen and oxygen atoms in total. The average Bonchev–Trinajstić information content (AvgIpc) is 2.55. The number of ketones is 1. The maximum atomic E-state index is 11.9. The molecule has 0 aromatic carbocycles. The molecule has 2 unspecified atom stereocenters. The number of nitrogens with one attached hydrogen (secondary N) is 1. The van der Waals surface area contributed by atoms with E-state index in [4.69, 9.17) is 15.0 Å². The van der Waals surface area contributed by atoms with Gasteiger partial charge >= 0.3 is 17.8 Å². The van der Waals surface area contributed by atoms with E-state index >= 15 is 0 Å². The number of cyclic esters (lactones) is 1. The summed E-state index contributed by atoms with van der Waals surface area (Å²) >= 11 is 0. The number of ether oxygens (including phenoxy) is 2. The Morgan fingerprint density at radius 2 is 2.11 bits per heavy atom.